The lowest BCUT2D eigenvalue weighted by atomic mass is 10.3. The molecule has 0 saturated heterocycles. The predicted octanol–water partition coefficient (Wildman–Crippen LogP) is 5.86. The van der Waals surface area contributed by atoms with Gasteiger partial charge in [-0.15, -0.1) is 34.4 Å². The first-order chi connectivity index (χ1) is 12.1. The number of hydrogen-bond acceptors (Lipinski definition) is 9. The van der Waals surface area contributed by atoms with E-state index < -0.39 is 4.92 Å². The number of benzene rings is 1. The average molecular weight is 407 g/mol. The molecule has 1 aromatic carbocycles. The van der Waals surface area contributed by atoms with Gasteiger partial charge in [-0.2, -0.15) is 0 Å². The monoisotopic (exact) mass is 406 g/mol. The van der Waals surface area contributed by atoms with E-state index in [0.29, 0.717) is 0 Å². The van der Waals surface area contributed by atoms with E-state index in [9.17, 15) is 10.1 Å². The Morgan fingerprint density at radius 2 is 2.04 bits per heavy atom. The maximum absolute atomic E-state index is 10.8. The van der Waals surface area contributed by atoms with Gasteiger partial charge < -0.3 is 5.32 Å². The summed E-state index contributed by atoms with van der Waals surface area (Å²) in [6, 6.07) is 7.74. The van der Waals surface area contributed by atoms with Crippen molar-refractivity contribution in [2.75, 3.05) is 11.6 Å². The van der Waals surface area contributed by atoms with Crippen molar-refractivity contribution < 1.29 is 4.92 Å². The fourth-order valence-corrected chi connectivity index (χ4v) is 5.26. The zero-order valence-electron chi connectivity index (χ0n) is 12.8. The quantitative estimate of drug-likeness (QED) is 0.254. The van der Waals surface area contributed by atoms with Crippen LogP contribution in [-0.4, -0.2) is 21.1 Å². The molecule has 25 heavy (non-hydrogen) atoms. The Morgan fingerprint density at radius 1 is 1.16 bits per heavy atom. The van der Waals surface area contributed by atoms with Crippen LogP contribution in [0.2, 0.25) is 0 Å². The number of thioether (sulfide) groups is 1. The van der Waals surface area contributed by atoms with E-state index in [-0.39, 0.29) is 5.69 Å². The predicted molar refractivity (Wildman–Crippen MR) is 107 cm³/mol. The summed E-state index contributed by atoms with van der Waals surface area (Å²) in [5.41, 5.74) is 1.78. The van der Waals surface area contributed by atoms with Gasteiger partial charge in [-0.1, -0.05) is 11.3 Å². The molecule has 3 heterocycles. The molecule has 1 N–H and O–H groups in total. The highest BCUT2D eigenvalue weighted by Gasteiger charge is 2.14. The minimum Gasteiger partial charge on any atom is -0.307 e. The number of thiazole rings is 2. The molecule has 0 radical (unpaired) electrons. The first kappa shape index (κ1) is 16.5. The fourth-order valence-electron chi connectivity index (χ4n) is 2.18. The van der Waals surface area contributed by atoms with Gasteiger partial charge >= 0.3 is 0 Å². The van der Waals surface area contributed by atoms with E-state index >= 15 is 0 Å². The Morgan fingerprint density at radius 3 is 2.80 bits per heavy atom. The highest BCUT2D eigenvalue weighted by atomic mass is 32.2. The highest BCUT2D eigenvalue weighted by Crippen LogP contribution is 2.35. The van der Waals surface area contributed by atoms with Crippen LogP contribution >= 0.6 is 45.8 Å². The largest absolute Gasteiger partial charge is 0.307 e. The van der Waals surface area contributed by atoms with E-state index in [4.69, 9.17) is 0 Å². The molecule has 0 saturated carbocycles. The van der Waals surface area contributed by atoms with Crippen LogP contribution in [0.1, 0.15) is 0 Å². The van der Waals surface area contributed by atoms with Gasteiger partial charge in [0, 0.05) is 16.3 Å². The van der Waals surface area contributed by atoms with E-state index in [1.807, 2.05) is 17.7 Å². The molecule has 0 atom stereocenters. The summed E-state index contributed by atoms with van der Waals surface area (Å²) in [6.07, 6.45) is 2.05. The van der Waals surface area contributed by atoms with E-state index in [1.165, 1.54) is 32.9 Å². The molecular weight excluding hydrogens is 396 g/mol. The third kappa shape index (κ3) is 3.38. The van der Waals surface area contributed by atoms with Crippen molar-refractivity contribution >= 4 is 71.9 Å². The second kappa shape index (κ2) is 6.71. The van der Waals surface area contributed by atoms with Crippen molar-refractivity contribution in [3.05, 3.63) is 45.1 Å². The number of fused-ring (bicyclic) bond motifs is 1. The lowest BCUT2D eigenvalue weighted by molar-refractivity contribution is -0.384. The Labute approximate surface area is 158 Å². The minimum atomic E-state index is -0.393. The van der Waals surface area contributed by atoms with E-state index in [2.05, 4.69) is 27.4 Å². The van der Waals surface area contributed by atoms with Gasteiger partial charge in [0.05, 0.1) is 31.1 Å². The first-order valence-electron chi connectivity index (χ1n) is 7.03. The van der Waals surface area contributed by atoms with Gasteiger partial charge in [0.2, 0.25) is 0 Å². The Balaban J connectivity index is 1.57. The Kier molecular flexibility index (Phi) is 4.42. The van der Waals surface area contributed by atoms with Gasteiger partial charge in [0.25, 0.3) is 5.69 Å². The number of nitro groups is 1. The second-order valence-corrected chi connectivity index (χ2v) is 8.62. The first-order valence-corrected chi connectivity index (χ1v) is 10.8. The van der Waals surface area contributed by atoms with Crippen LogP contribution < -0.4 is 5.32 Å². The molecule has 0 unspecified atom stereocenters. The SMILES string of the molecule is CSc1ccc2nc(Nc3nc(-c4cc([N+](=O)[O-])cs4)cs3)sc2c1. The van der Waals surface area contributed by atoms with E-state index in [0.717, 1.165) is 31.1 Å². The molecule has 0 aliphatic rings. The van der Waals surface area contributed by atoms with Gasteiger partial charge in [0.15, 0.2) is 10.3 Å². The summed E-state index contributed by atoms with van der Waals surface area (Å²) >= 11 is 6.05. The van der Waals surface area contributed by atoms with Gasteiger partial charge in [0.1, 0.15) is 0 Å². The lowest BCUT2D eigenvalue weighted by Crippen LogP contribution is -1.87. The van der Waals surface area contributed by atoms with Crippen LogP contribution in [0.3, 0.4) is 0 Å². The number of aromatic nitrogens is 2. The van der Waals surface area contributed by atoms with Gasteiger partial charge in [-0.05, 0) is 24.5 Å². The molecule has 0 fully saturated rings. The van der Waals surface area contributed by atoms with Crippen molar-refractivity contribution in [2.24, 2.45) is 0 Å². The highest BCUT2D eigenvalue weighted by molar-refractivity contribution is 7.98. The summed E-state index contributed by atoms with van der Waals surface area (Å²) in [5, 5.41) is 18.9. The molecule has 3 aromatic heterocycles. The van der Waals surface area contributed by atoms with Crippen LogP contribution in [0.5, 0.6) is 0 Å². The smallest absolute Gasteiger partial charge is 0.280 e. The molecule has 126 valence electrons. The second-order valence-electron chi connectivity index (χ2n) is 4.94. The molecule has 4 rings (SSSR count). The Bertz CT molecular complexity index is 1070. The zero-order chi connectivity index (χ0) is 17.4. The van der Waals surface area contributed by atoms with E-state index in [1.54, 1.807) is 29.2 Å². The molecular formula is C15H10N4O2S4. The maximum Gasteiger partial charge on any atom is 0.280 e. The number of rotatable bonds is 5. The third-order valence-electron chi connectivity index (χ3n) is 3.36. The standard InChI is InChI=1S/C15H10N4O2S4/c1-22-9-2-3-10-13(5-9)25-15(16-10)18-14-17-11(7-24-14)12-4-8(6-23-12)19(20)21/h2-7H,1H3,(H,16,17,18). The van der Waals surface area contributed by atoms with Gasteiger partial charge in [-0.25, -0.2) is 9.97 Å². The van der Waals surface area contributed by atoms with Crippen molar-refractivity contribution in [1.29, 1.82) is 0 Å². The molecule has 0 aliphatic heterocycles. The lowest BCUT2D eigenvalue weighted by Gasteiger charge is -1.94. The molecule has 10 heteroatoms. The van der Waals surface area contributed by atoms with Crippen LogP contribution in [0.4, 0.5) is 16.0 Å². The summed E-state index contributed by atoms with van der Waals surface area (Å²) in [6.45, 7) is 0. The average Bonchev–Trinajstić information content (AvgIpc) is 3.32. The van der Waals surface area contributed by atoms with Crippen LogP contribution in [0.25, 0.3) is 20.8 Å². The molecule has 0 aliphatic carbocycles. The third-order valence-corrected chi connectivity index (χ3v) is 6.72. The topological polar surface area (TPSA) is 81.0 Å². The molecule has 0 amide bonds. The summed E-state index contributed by atoms with van der Waals surface area (Å²) in [7, 11) is 0. The zero-order valence-corrected chi connectivity index (χ0v) is 16.0. The molecule has 4 aromatic rings. The molecule has 0 spiro atoms. The van der Waals surface area contributed by atoms with Crippen molar-refractivity contribution in [3.63, 3.8) is 0 Å². The normalized spacial score (nSPS) is 11.1. The Hall–Kier alpha value is -2.01. The van der Waals surface area contributed by atoms with Gasteiger partial charge in [-0.3, -0.25) is 10.1 Å². The minimum absolute atomic E-state index is 0.0956. The van der Waals surface area contributed by atoms with Crippen LogP contribution in [0, 0.1) is 10.1 Å². The molecule has 0 bridgehead atoms. The summed E-state index contributed by atoms with van der Waals surface area (Å²) < 4.78 is 1.13. The van der Waals surface area contributed by atoms with Crippen molar-refractivity contribution in [1.82, 2.24) is 9.97 Å². The number of nitrogens with one attached hydrogen (secondary N) is 1. The summed E-state index contributed by atoms with van der Waals surface area (Å²) in [4.78, 5) is 21.5. The van der Waals surface area contributed by atoms with Crippen LogP contribution in [-0.2, 0) is 0 Å². The number of nitrogens with zero attached hydrogens (tertiary/aromatic N) is 3. The van der Waals surface area contributed by atoms with Crippen molar-refractivity contribution in [2.45, 2.75) is 4.90 Å². The number of hydrogen-bond donors (Lipinski definition) is 1. The number of anilines is 2. The number of thiophene rings is 1. The summed E-state index contributed by atoms with van der Waals surface area (Å²) in [5.74, 6) is 0. The molecule has 6 nitrogen and oxygen atoms in total. The maximum atomic E-state index is 10.8. The van der Waals surface area contributed by atoms with Crippen molar-refractivity contribution in [3.8, 4) is 10.6 Å². The fraction of sp³-hybridized carbons (Fsp3) is 0.0667. The van der Waals surface area contributed by atoms with Crippen LogP contribution in [0.15, 0.2) is 39.9 Å².